The summed E-state index contributed by atoms with van der Waals surface area (Å²) in [4.78, 5) is 9.82. The zero-order valence-corrected chi connectivity index (χ0v) is 25.2. The van der Waals surface area contributed by atoms with Crippen molar-refractivity contribution >= 4 is 36.2 Å². The molecule has 7 nitrogen and oxygen atoms in total. The van der Waals surface area contributed by atoms with Crippen LogP contribution in [-0.4, -0.2) is 43.7 Å². The molecule has 212 valence electrons. The predicted molar refractivity (Wildman–Crippen MR) is 168 cm³/mol. The summed E-state index contributed by atoms with van der Waals surface area (Å²) in [6.07, 6.45) is 6.13. The van der Waals surface area contributed by atoms with Gasteiger partial charge in [-0.2, -0.15) is 0 Å². The van der Waals surface area contributed by atoms with Crippen LogP contribution in [0.15, 0.2) is 108 Å². The van der Waals surface area contributed by atoms with Gasteiger partial charge in [0, 0.05) is 47.0 Å². The summed E-state index contributed by atoms with van der Waals surface area (Å²) in [7, 11) is -6.74. The maximum atomic E-state index is 12.8. The molecule has 42 heavy (non-hydrogen) atoms. The van der Waals surface area contributed by atoms with Crippen LogP contribution in [0.25, 0.3) is 50.2 Å². The van der Waals surface area contributed by atoms with E-state index in [1.165, 1.54) is 12.5 Å². The third kappa shape index (κ3) is 4.78. The molecule has 0 saturated heterocycles. The molecule has 9 heteroatoms. The van der Waals surface area contributed by atoms with Crippen LogP contribution >= 0.6 is 0 Å². The normalized spacial score (nSPS) is 12.7. The monoisotopic (exact) mass is 595 g/mol. The van der Waals surface area contributed by atoms with Gasteiger partial charge in [0.2, 0.25) is 0 Å². The highest BCUT2D eigenvalue weighted by atomic mass is 32.2. The number of hydrogen-bond acceptors (Lipinski definition) is 6. The third-order valence-electron chi connectivity index (χ3n) is 7.86. The molecule has 6 rings (SSSR count). The van der Waals surface area contributed by atoms with Gasteiger partial charge in [-0.1, -0.05) is 42.5 Å². The van der Waals surface area contributed by atoms with Crippen LogP contribution in [-0.2, 0) is 24.4 Å². The second-order valence-corrected chi connectivity index (χ2v) is 15.6. The maximum absolute atomic E-state index is 12.8. The number of hydrogen-bond donors (Lipinski definition) is 0. The van der Waals surface area contributed by atoms with Crippen molar-refractivity contribution in [2.24, 2.45) is 0 Å². The Hall–Kier alpha value is -4.34. The zero-order chi connectivity index (χ0) is 29.9. The third-order valence-corrected chi connectivity index (χ3v) is 11.1. The van der Waals surface area contributed by atoms with Crippen LogP contribution in [0, 0.1) is 0 Å². The van der Waals surface area contributed by atoms with Crippen molar-refractivity contribution in [1.82, 2.24) is 14.4 Å². The Morgan fingerprint density at radius 3 is 2.19 bits per heavy atom. The van der Waals surface area contributed by atoms with Crippen molar-refractivity contribution in [3.05, 3.63) is 109 Å². The van der Waals surface area contributed by atoms with Gasteiger partial charge in [-0.05, 0) is 73.5 Å². The van der Waals surface area contributed by atoms with Gasteiger partial charge in [-0.25, -0.2) is 21.8 Å². The van der Waals surface area contributed by atoms with Crippen LogP contribution in [0.1, 0.15) is 19.4 Å². The van der Waals surface area contributed by atoms with Crippen molar-refractivity contribution in [3.8, 4) is 33.6 Å². The number of rotatable bonds is 6. The summed E-state index contributed by atoms with van der Waals surface area (Å²) >= 11 is 0. The van der Waals surface area contributed by atoms with Crippen LogP contribution in [0.3, 0.4) is 0 Å². The van der Waals surface area contributed by atoms with E-state index in [0.29, 0.717) is 11.3 Å². The second kappa shape index (κ2) is 9.89. The van der Waals surface area contributed by atoms with E-state index >= 15 is 0 Å². The molecule has 0 spiro atoms. The lowest BCUT2D eigenvalue weighted by Crippen LogP contribution is -2.28. The van der Waals surface area contributed by atoms with Crippen molar-refractivity contribution in [2.45, 2.75) is 23.5 Å². The fourth-order valence-electron chi connectivity index (χ4n) is 5.14. The van der Waals surface area contributed by atoms with Gasteiger partial charge >= 0.3 is 0 Å². The minimum atomic E-state index is -3.41. The highest BCUT2D eigenvalue weighted by molar-refractivity contribution is 7.91. The van der Waals surface area contributed by atoms with E-state index in [4.69, 9.17) is 4.98 Å². The van der Waals surface area contributed by atoms with Gasteiger partial charge < -0.3 is 0 Å². The molecule has 0 bridgehead atoms. The highest BCUT2D eigenvalue weighted by Crippen LogP contribution is 2.39. The fourth-order valence-corrected chi connectivity index (χ4v) is 6.32. The molecule has 0 aliphatic carbocycles. The molecule has 6 aromatic rings. The van der Waals surface area contributed by atoms with Crippen LogP contribution < -0.4 is 0 Å². The Morgan fingerprint density at radius 2 is 1.48 bits per heavy atom. The Kier molecular flexibility index (Phi) is 6.55. The van der Waals surface area contributed by atoms with Crippen molar-refractivity contribution in [2.75, 3.05) is 12.5 Å². The summed E-state index contributed by atoms with van der Waals surface area (Å²) < 4.78 is 50.5. The second-order valence-electron chi connectivity index (χ2n) is 11.0. The van der Waals surface area contributed by atoms with E-state index < -0.39 is 24.4 Å². The first-order chi connectivity index (χ1) is 19.8. The van der Waals surface area contributed by atoms with Crippen LogP contribution in [0.5, 0.6) is 0 Å². The van der Waals surface area contributed by atoms with Gasteiger partial charge in [0.1, 0.15) is 5.65 Å². The van der Waals surface area contributed by atoms with Crippen LogP contribution in [0.2, 0.25) is 0 Å². The van der Waals surface area contributed by atoms with E-state index in [1.54, 1.807) is 44.3 Å². The number of sulfone groups is 2. The number of fused-ring (bicyclic) bond motifs is 2. The molecule has 0 N–H and O–H groups in total. The lowest BCUT2D eigenvalue weighted by Gasteiger charge is -2.24. The van der Waals surface area contributed by atoms with E-state index in [2.05, 4.69) is 11.1 Å². The van der Waals surface area contributed by atoms with Gasteiger partial charge in [0.15, 0.2) is 19.7 Å². The minimum Gasteiger partial charge on any atom is -0.299 e. The predicted octanol–water partition coefficient (Wildman–Crippen LogP) is 6.57. The molecule has 3 heterocycles. The molecular weight excluding hydrogens is 567 g/mol. The first-order valence-electron chi connectivity index (χ1n) is 13.3. The lowest BCUT2D eigenvalue weighted by molar-refractivity contribution is 0.561. The number of aromatic nitrogens is 3. The summed E-state index contributed by atoms with van der Waals surface area (Å²) in [6.45, 7) is 3.44. The van der Waals surface area contributed by atoms with Gasteiger partial charge in [-0.15, -0.1) is 0 Å². The first-order valence-corrected chi connectivity index (χ1v) is 17.1. The van der Waals surface area contributed by atoms with Crippen molar-refractivity contribution < 1.29 is 16.8 Å². The van der Waals surface area contributed by atoms with Gasteiger partial charge in [0.25, 0.3) is 0 Å². The number of imidazole rings is 1. The smallest absolute Gasteiger partial charge is 0.175 e. The molecule has 0 aliphatic heterocycles. The highest BCUT2D eigenvalue weighted by Gasteiger charge is 2.33. The van der Waals surface area contributed by atoms with Crippen LogP contribution in [0.4, 0.5) is 0 Å². The maximum Gasteiger partial charge on any atom is 0.175 e. The number of pyridine rings is 2. The zero-order valence-electron chi connectivity index (χ0n) is 23.6. The first kappa shape index (κ1) is 27.8. The van der Waals surface area contributed by atoms with E-state index in [-0.39, 0.29) is 4.90 Å². The van der Waals surface area contributed by atoms with E-state index in [9.17, 15) is 16.8 Å². The quantitative estimate of drug-likeness (QED) is 0.216. The Balaban J connectivity index is 1.58. The largest absolute Gasteiger partial charge is 0.299 e. The van der Waals surface area contributed by atoms with Gasteiger partial charge in [0.05, 0.1) is 26.5 Å². The molecule has 3 aromatic heterocycles. The fraction of sp³-hybridized carbons (Fsp3) is 0.152. The standard InChI is InChI=1S/C33H29N3O4S2/c1-33(2,42(4,39)40)26-20-24-11-8-17-34-30(24)28(21-26)23-9-7-10-25(19-23)32-31(35-29-12-5-6-18-36(29)32)22-13-15-27(16-14-22)41(3,37)38/h5-21H,1-4H3. The topological polar surface area (TPSA) is 98.5 Å². The Labute approximate surface area is 245 Å². The molecule has 0 amide bonds. The minimum absolute atomic E-state index is 0.245. The average Bonchev–Trinajstić information content (AvgIpc) is 3.35. The summed E-state index contributed by atoms with van der Waals surface area (Å²) in [6, 6.07) is 28.2. The molecule has 3 aromatic carbocycles. The average molecular weight is 596 g/mol. The summed E-state index contributed by atoms with van der Waals surface area (Å²) in [5.41, 5.74) is 7.17. The molecule has 0 unspecified atom stereocenters. The number of benzene rings is 3. The van der Waals surface area contributed by atoms with Crippen molar-refractivity contribution in [1.29, 1.82) is 0 Å². The van der Waals surface area contributed by atoms with Gasteiger partial charge in [-0.3, -0.25) is 9.38 Å². The van der Waals surface area contributed by atoms with Crippen molar-refractivity contribution in [3.63, 3.8) is 0 Å². The summed E-state index contributed by atoms with van der Waals surface area (Å²) in [5.74, 6) is 0. The molecule has 0 radical (unpaired) electrons. The lowest BCUT2D eigenvalue weighted by atomic mass is 9.92. The number of nitrogens with zero attached hydrogens (tertiary/aromatic N) is 3. The Morgan fingerprint density at radius 1 is 0.738 bits per heavy atom. The summed E-state index contributed by atoms with van der Waals surface area (Å²) in [5, 5.41) is 0.855. The molecular formula is C33H29N3O4S2. The van der Waals surface area contributed by atoms with E-state index in [0.717, 1.165) is 44.5 Å². The molecule has 0 fully saturated rings. The SMILES string of the molecule is CC(C)(c1cc(-c2cccc(-c3c(-c4ccc(S(C)(=O)=O)cc4)nc4ccccn34)c2)c2ncccc2c1)S(C)(=O)=O. The molecule has 0 aliphatic rings. The molecule has 0 saturated carbocycles. The van der Waals surface area contributed by atoms with E-state index in [1.807, 2.05) is 71.3 Å². The Bertz CT molecular complexity index is 2220. The molecule has 0 atom stereocenters.